The third kappa shape index (κ3) is 4.33. The van der Waals surface area contributed by atoms with E-state index < -0.39 is 0 Å². The average Bonchev–Trinajstić information content (AvgIpc) is 3.16. The second kappa shape index (κ2) is 8.50. The highest BCUT2D eigenvalue weighted by Gasteiger charge is 2.14. The molecule has 0 saturated carbocycles. The van der Waals surface area contributed by atoms with Crippen molar-refractivity contribution in [3.63, 3.8) is 0 Å². The van der Waals surface area contributed by atoms with Crippen LogP contribution < -0.4 is 20.3 Å². The van der Waals surface area contributed by atoms with Crippen LogP contribution in [0.25, 0.3) is 5.78 Å². The maximum atomic E-state index is 12.4. The van der Waals surface area contributed by atoms with Gasteiger partial charge >= 0.3 is 0 Å². The summed E-state index contributed by atoms with van der Waals surface area (Å²) in [5.41, 5.74) is 1.57. The molecule has 154 valence electrons. The van der Waals surface area contributed by atoms with Crippen LogP contribution in [0, 0.1) is 0 Å². The fourth-order valence-electron chi connectivity index (χ4n) is 3.27. The first kappa shape index (κ1) is 19.2. The van der Waals surface area contributed by atoms with Crippen LogP contribution in [0.2, 0.25) is 0 Å². The molecule has 0 atom stereocenters. The van der Waals surface area contributed by atoms with Gasteiger partial charge in [0.2, 0.25) is 11.7 Å². The highest BCUT2D eigenvalue weighted by molar-refractivity contribution is 5.44. The summed E-state index contributed by atoms with van der Waals surface area (Å²) >= 11 is 0. The number of fused-ring (bicyclic) bond motifs is 1. The fraction of sp³-hybridized carbons (Fsp3) is 0.421. The number of H-pyrrole nitrogens is 1. The zero-order valence-corrected chi connectivity index (χ0v) is 16.5. The molecule has 4 rings (SSSR count). The van der Waals surface area contributed by atoms with E-state index >= 15 is 0 Å². The first-order chi connectivity index (χ1) is 14.2. The molecule has 1 fully saturated rings. The van der Waals surface area contributed by atoms with Gasteiger partial charge in [-0.1, -0.05) is 6.07 Å². The van der Waals surface area contributed by atoms with E-state index in [4.69, 9.17) is 14.2 Å². The molecule has 3 aromatic rings. The molecule has 10 nitrogen and oxygen atoms in total. The molecule has 1 aliphatic rings. The minimum absolute atomic E-state index is 0.214. The van der Waals surface area contributed by atoms with Crippen molar-refractivity contribution in [1.29, 1.82) is 0 Å². The maximum Gasteiger partial charge on any atom is 0.275 e. The third-order valence-electron chi connectivity index (χ3n) is 4.78. The predicted octanol–water partition coefficient (Wildman–Crippen LogP) is 0.879. The number of ether oxygens (including phenoxy) is 3. The summed E-state index contributed by atoms with van der Waals surface area (Å²) in [6.07, 6.45) is 0. The molecular formula is C19H24N6O4. The fourth-order valence-corrected chi connectivity index (χ4v) is 3.27. The van der Waals surface area contributed by atoms with Crippen molar-refractivity contribution in [2.24, 2.45) is 0 Å². The Morgan fingerprint density at radius 3 is 2.72 bits per heavy atom. The van der Waals surface area contributed by atoms with Crippen molar-refractivity contribution in [1.82, 2.24) is 24.5 Å². The summed E-state index contributed by atoms with van der Waals surface area (Å²) in [5, 5.41) is 7.39. The molecule has 0 radical (unpaired) electrons. The summed E-state index contributed by atoms with van der Waals surface area (Å²) in [4.78, 5) is 22.3. The molecule has 1 aliphatic heterocycles. The first-order valence-electron chi connectivity index (χ1n) is 9.40. The van der Waals surface area contributed by atoms with Gasteiger partial charge in [0.05, 0.1) is 27.4 Å². The Hall–Kier alpha value is -3.11. The maximum absolute atomic E-state index is 12.4. The summed E-state index contributed by atoms with van der Waals surface area (Å²) in [6.45, 7) is 4.24. The second-order valence-electron chi connectivity index (χ2n) is 6.74. The van der Waals surface area contributed by atoms with E-state index in [2.05, 4.69) is 25.3 Å². The first-order valence-corrected chi connectivity index (χ1v) is 9.40. The lowest BCUT2D eigenvalue weighted by atomic mass is 10.2. The molecule has 0 amide bonds. The number of hydrogen-bond donors (Lipinski definition) is 2. The van der Waals surface area contributed by atoms with Crippen molar-refractivity contribution < 1.29 is 14.2 Å². The molecule has 1 aromatic carbocycles. The number of nitrogens with zero attached hydrogens (tertiary/aromatic N) is 4. The van der Waals surface area contributed by atoms with Gasteiger partial charge in [-0.2, -0.15) is 9.50 Å². The zero-order valence-electron chi connectivity index (χ0n) is 16.5. The average molecular weight is 400 g/mol. The molecule has 2 N–H and O–H groups in total. The van der Waals surface area contributed by atoms with Crippen molar-refractivity contribution in [3.8, 4) is 11.5 Å². The van der Waals surface area contributed by atoms with E-state index in [1.54, 1.807) is 20.3 Å². The van der Waals surface area contributed by atoms with E-state index in [9.17, 15) is 4.79 Å². The number of hydrogen-bond acceptors (Lipinski definition) is 8. The molecule has 0 bridgehead atoms. The molecule has 10 heteroatoms. The number of aromatic nitrogens is 4. The Morgan fingerprint density at radius 2 is 1.97 bits per heavy atom. The number of nitrogens with one attached hydrogen (secondary N) is 2. The number of rotatable bonds is 7. The summed E-state index contributed by atoms with van der Waals surface area (Å²) < 4.78 is 17.2. The topological polar surface area (TPSA) is 106 Å². The number of anilines is 1. The van der Waals surface area contributed by atoms with Crippen molar-refractivity contribution in [2.45, 2.75) is 13.1 Å². The Bertz CT molecular complexity index is 1040. The van der Waals surface area contributed by atoms with E-state index in [1.165, 1.54) is 4.52 Å². The van der Waals surface area contributed by atoms with Crippen LogP contribution >= 0.6 is 0 Å². The second-order valence-corrected chi connectivity index (χ2v) is 6.74. The predicted molar refractivity (Wildman–Crippen MR) is 107 cm³/mol. The van der Waals surface area contributed by atoms with Crippen LogP contribution in [0.3, 0.4) is 0 Å². The molecule has 0 aliphatic carbocycles. The van der Waals surface area contributed by atoms with Gasteiger partial charge in [-0.25, -0.2) is 0 Å². The smallest absolute Gasteiger partial charge is 0.275 e. The van der Waals surface area contributed by atoms with Crippen molar-refractivity contribution >= 4 is 11.7 Å². The molecule has 2 aromatic heterocycles. The lowest BCUT2D eigenvalue weighted by Gasteiger charge is -2.26. The minimum Gasteiger partial charge on any atom is -0.493 e. The van der Waals surface area contributed by atoms with Gasteiger partial charge in [0, 0.05) is 37.9 Å². The van der Waals surface area contributed by atoms with Gasteiger partial charge in [-0.05, 0) is 17.7 Å². The van der Waals surface area contributed by atoms with E-state index in [0.29, 0.717) is 49.5 Å². The highest BCUT2D eigenvalue weighted by atomic mass is 16.5. The van der Waals surface area contributed by atoms with Crippen LogP contribution in [0.1, 0.15) is 11.3 Å². The Labute approximate surface area is 167 Å². The standard InChI is InChI=1S/C19H24N6O4/c1-27-15-4-3-13(9-16(15)28-2)11-20-18-22-19-21-14(10-17(26)25(19)23-18)12-24-5-7-29-8-6-24/h3-4,9-10H,5-8,11-12H2,1-2H3,(H2,20,21,22,23). The van der Waals surface area contributed by atoms with Crippen molar-refractivity contribution in [2.75, 3.05) is 45.8 Å². The van der Waals surface area contributed by atoms with Crippen LogP contribution in [-0.2, 0) is 17.8 Å². The van der Waals surface area contributed by atoms with Crippen LogP contribution in [-0.4, -0.2) is 65.0 Å². The summed E-state index contributed by atoms with van der Waals surface area (Å²) in [5.74, 6) is 2.10. The lowest BCUT2D eigenvalue weighted by Crippen LogP contribution is -2.36. The van der Waals surface area contributed by atoms with Crippen LogP contribution in [0.4, 0.5) is 5.95 Å². The molecule has 29 heavy (non-hydrogen) atoms. The number of benzene rings is 1. The van der Waals surface area contributed by atoms with Gasteiger partial charge in [-0.3, -0.25) is 9.69 Å². The SMILES string of the molecule is COc1ccc(CNc2nc3[nH]c(CN4CCOCC4)cc(=O)n3n2)cc1OC. The molecule has 3 heterocycles. The number of aromatic amines is 1. The Kier molecular flexibility index (Phi) is 5.63. The molecular weight excluding hydrogens is 376 g/mol. The summed E-state index contributed by atoms with van der Waals surface area (Å²) in [6, 6.07) is 7.21. The largest absolute Gasteiger partial charge is 0.493 e. The lowest BCUT2D eigenvalue weighted by molar-refractivity contribution is 0.0336. The number of methoxy groups -OCH3 is 2. The van der Waals surface area contributed by atoms with Gasteiger partial charge in [0.25, 0.3) is 5.56 Å². The van der Waals surface area contributed by atoms with Crippen LogP contribution in [0.5, 0.6) is 11.5 Å². The van der Waals surface area contributed by atoms with E-state index in [-0.39, 0.29) is 5.56 Å². The molecule has 0 spiro atoms. The summed E-state index contributed by atoms with van der Waals surface area (Å²) in [7, 11) is 3.19. The zero-order chi connectivity index (χ0) is 20.2. The van der Waals surface area contributed by atoms with Gasteiger partial charge < -0.3 is 24.5 Å². The molecule has 1 saturated heterocycles. The van der Waals surface area contributed by atoms with E-state index in [1.807, 2.05) is 18.2 Å². The monoisotopic (exact) mass is 400 g/mol. The van der Waals surface area contributed by atoms with E-state index in [0.717, 1.165) is 24.3 Å². The minimum atomic E-state index is -0.214. The Morgan fingerprint density at radius 1 is 1.17 bits per heavy atom. The highest BCUT2D eigenvalue weighted by Crippen LogP contribution is 2.27. The Balaban J connectivity index is 1.48. The van der Waals surface area contributed by atoms with Gasteiger partial charge in [0.1, 0.15) is 0 Å². The quantitative estimate of drug-likeness (QED) is 0.602. The van der Waals surface area contributed by atoms with Gasteiger partial charge in [-0.15, -0.1) is 5.10 Å². The van der Waals surface area contributed by atoms with Crippen molar-refractivity contribution in [3.05, 3.63) is 45.9 Å². The third-order valence-corrected chi connectivity index (χ3v) is 4.78. The number of morpholine rings is 1. The molecule has 0 unspecified atom stereocenters. The normalized spacial score (nSPS) is 14.8. The van der Waals surface area contributed by atoms with Crippen LogP contribution in [0.15, 0.2) is 29.1 Å². The van der Waals surface area contributed by atoms with Gasteiger partial charge in [0.15, 0.2) is 11.5 Å².